The van der Waals surface area contributed by atoms with Crippen molar-refractivity contribution in [3.05, 3.63) is 35.5 Å². The maximum Gasteiger partial charge on any atom is 0.537 e. The summed E-state index contributed by atoms with van der Waals surface area (Å²) in [4.78, 5) is 32.1. The maximum atomic E-state index is 11.8. The van der Waals surface area contributed by atoms with Gasteiger partial charge >= 0.3 is 12.3 Å². The van der Waals surface area contributed by atoms with Crippen LogP contribution >= 0.6 is 0 Å². The zero-order valence-corrected chi connectivity index (χ0v) is 25.8. The van der Waals surface area contributed by atoms with Gasteiger partial charge in [0.05, 0.1) is 6.61 Å². The minimum absolute atomic E-state index is 0.124. The summed E-state index contributed by atoms with van der Waals surface area (Å²) in [6, 6.07) is 0. The SMILES string of the molecule is C=C1CC[C@](O)(C(COC(=O)OCC)OOC(=O)O)CC1=CC=C1CCC[C@@]2(C)C1CC[C@@H]2[C@H](C)CCCC(C)C. The second-order valence-corrected chi connectivity index (χ2v) is 13.1. The van der Waals surface area contributed by atoms with Crippen LogP contribution in [0.1, 0.15) is 105 Å². The Morgan fingerprint density at radius 1 is 1.10 bits per heavy atom. The highest BCUT2D eigenvalue weighted by Gasteiger charge is 2.50. The number of rotatable bonds is 12. The van der Waals surface area contributed by atoms with Gasteiger partial charge < -0.3 is 19.7 Å². The summed E-state index contributed by atoms with van der Waals surface area (Å²) in [5.74, 6) is 2.81. The van der Waals surface area contributed by atoms with Crippen molar-refractivity contribution in [1.82, 2.24) is 0 Å². The van der Waals surface area contributed by atoms with Crippen LogP contribution in [0.3, 0.4) is 0 Å². The molecule has 3 aliphatic carbocycles. The van der Waals surface area contributed by atoms with Crippen LogP contribution in [0.15, 0.2) is 35.5 Å². The number of aliphatic hydroxyl groups is 1. The van der Waals surface area contributed by atoms with E-state index in [4.69, 9.17) is 19.5 Å². The van der Waals surface area contributed by atoms with Crippen LogP contribution in [0.4, 0.5) is 9.59 Å². The molecule has 3 rings (SSSR count). The van der Waals surface area contributed by atoms with Crippen LogP contribution in [-0.4, -0.2) is 47.4 Å². The molecule has 232 valence electrons. The van der Waals surface area contributed by atoms with Crippen molar-refractivity contribution in [2.24, 2.45) is 29.1 Å². The van der Waals surface area contributed by atoms with Crippen molar-refractivity contribution < 1.29 is 39.1 Å². The molecule has 0 bridgehead atoms. The summed E-state index contributed by atoms with van der Waals surface area (Å²) in [7, 11) is 0. The Kier molecular flexibility index (Phi) is 11.9. The van der Waals surface area contributed by atoms with Gasteiger partial charge in [0.25, 0.3) is 0 Å². The third kappa shape index (κ3) is 8.60. The molecule has 6 atom stereocenters. The second-order valence-electron chi connectivity index (χ2n) is 13.1. The van der Waals surface area contributed by atoms with Gasteiger partial charge in [-0.05, 0) is 86.5 Å². The number of carboxylic acid groups (broad SMARTS) is 1. The van der Waals surface area contributed by atoms with Gasteiger partial charge in [0, 0.05) is 6.42 Å². The van der Waals surface area contributed by atoms with Crippen molar-refractivity contribution in [2.75, 3.05) is 13.2 Å². The molecule has 0 aromatic rings. The Bertz CT molecular complexity index is 984. The van der Waals surface area contributed by atoms with E-state index in [0.29, 0.717) is 17.8 Å². The van der Waals surface area contributed by atoms with Crippen molar-refractivity contribution in [2.45, 2.75) is 117 Å². The molecule has 0 amide bonds. The lowest BCUT2D eigenvalue weighted by Gasteiger charge is -2.44. The number of hydrogen-bond donors (Lipinski definition) is 2. The predicted octanol–water partition coefficient (Wildman–Crippen LogP) is 8.16. The lowest BCUT2D eigenvalue weighted by atomic mass is 9.60. The average molecular weight is 577 g/mol. The zero-order valence-electron chi connectivity index (χ0n) is 25.8. The number of hydrogen-bond acceptors (Lipinski definition) is 7. The van der Waals surface area contributed by atoms with Gasteiger partial charge in [-0.2, -0.15) is 4.89 Å². The fourth-order valence-electron chi connectivity index (χ4n) is 7.67. The first-order valence-corrected chi connectivity index (χ1v) is 15.6. The summed E-state index contributed by atoms with van der Waals surface area (Å²) < 4.78 is 9.85. The van der Waals surface area contributed by atoms with Gasteiger partial charge in [0.2, 0.25) is 0 Å². The van der Waals surface area contributed by atoms with E-state index in [1.165, 1.54) is 50.5 Å². The number of allylic oxidation sites excluding steroid dienone is 4. The van der Waals surface area contributed by atoms with E-state index in [1.807, 2.05) is 0 Å². The van der Waals surface area contributed by atoms with E-state index >= 15 is 0 Å². The largest absolute Gasteiger partial charge is 0.537 e. The Balaban J connectivity index is 1.75. The van der Waals surface area contributed by atoms with Crippen molar-refractivity contribution in [3.63, 3.8) is 0 Å². The summed E-state index contributed by atoms with van der Waals surface area (Å²) in [5, 5.41) is 20.5. The topological polar surface area (TPSA) is 112 Å². The molecule has 3 fully saturated rings. The molecule has 3 saturated carbocycles. The summed E-state index contributed by atoms with van der Waals surface area (Å²) in [6.45, 7) is 15.2. The third-order valence-corrected chi connectivity index (χ3v) is 9.92. The first-order valence-electron chi connectivity index (χ1n) is 15.6. The number of ether oxygens (including phenoxy) is 2. The van der Waals surface area contributed by atoms with E-state index in [-0.39, 0.29) is 19.4 Å². The Hall–Kier alpha value is -2.32. The smallest absolute Gasteiger partial charge is 0.448 e. The molecule has 3 aliphatic rings. The Labute approximate surface area is 246 Å². The lowest BCUT2D eigenvalue weighted by molar-refractivity contribution is -0.323. The van der Waals surface area contributed by atoms with Gasteiger partial charge in [0.15, 0.2) is 6.10 Å². The van der Waals surface area contributed by atoms with Gasteiger partial charge in [-0.3, -0.25) is 4.89 Å². The second kappa shape index (κ2) is 14.7. The van der Waals surface area contributed by atoms with Crippen molar-refractivity contribution >= 4 is 12.3 Å². The highest BCUT2D eigenvalue weighted by molar-refractivity contribution is 5.59. The molecule has 0 aromatic heterocycles. The normalized spacial score (nSPS) is 31.6. The molecule has 41 heavy (non-hydrogen) atoms. The van der Waals surface area contributed by atoms with Gasteiger partial charge in [-0.25, -0.2) is 9.59 Å². The quantitative estimate of drug-likeness (QED) is 0.136. The van der Waals surface area contributed by atoms with Crippen LogP contribution in [0.25, 0.3) is 0 Å². The van der Waals surface area contributed by atoms with E-state index in [1.54, 1.807) is 6.92 Å². The standard InChI is InChI=1S/C33H52O8/c1-7-38-31(36)39-21-29(40-41-30(34)35)33(37)19-17-23(4)26(20-33)14-13-25-12-9-18-32(6)27(15-16-28(25)32)24(5)11-8-10-22(2)3/h13-14,22,24,27-29,37H,4,7-12,15-21H2,1-3,5-6H3,(H,34,35)/t24-,27-,28?,29?,32-,33-/m1/s1. The number of fused-ring (bicyclic) bond motifs is 1. The van der Waals surface area contributed by atoms with Gasteiger partial charge in [0.1, 0.15) is 12.2 Å². The highest BCUT2D eigenvalue weighted by atomic mass is 17.2. The van der Waals surface area contributed by atoms with Crippen LogP contribution in [0.5, 0.6) is 0 Å². The van der Waals surface area contributed by atoms with Crippen LogP contribution in [0.2, 0.25) is 0 Å². The first kappa shape index (κ1) is 33.2. The lowest BCUT2D eigenvalue weighted by Crippen LogP contribution is -2.49. The molecule has 2 N–H and O–H groups in total. The molecule has 8 heteroatoms. The fourth-order valence-corrected chi connectivity index (χ4v) is 7.67. The monoisotopic (exact) mass is 576 g/mol. The van der Waals surface area contributed by atoms with Crippen LogP contribution < -0.4 is 0 Å². The molecule has 0 aromatic carbocycles. The van der Waals surface area contributed by atoms with Crippen molar-refractivity contribution in [3.8, 4) is 0 Å². The summed E-state index contributed by atoms with van der Waals surface area (Å²) in [6.07, 6.45) is 11.4. The van der Waals surface area contributed by atoms with Crippen molar-refractivity contribution in [1.29, 1.82) is 0 Å². The van der Waals surface area contributed by atoms with E-state index in [0.717, 1.165) is 35.3 Å². The molecule has 0 aliphatic heterocycles. The number of carbonyl (C=O) groups is 2. The zero-order chi connectivity index (χ0) is 30.2. The maximum absolute atomic E-state index is 11.8. The number of carbonyl (C=O) groups excluding carboxylic acids is 1. The van der Waals surface area contributed by atoms with E-state index in [2.05, 4.69) is 51.3 Å². The highest BCUT2D eigenvalue weighted by Crippen LogP contribution is 2.60. The molecule has 0 spiro atoms. The minimum Gasteiger partial charge on any atom is -0.448 e. The fraction of sp³-hybridized carbons (Fsp3) is 0.758. The average Bonchev–Trinajstić information content (AvgIpc) is 3.26. The summed E-state index contributed by atoms with van der Waals surface area (Å²) in [5.41, 5.74) is 2.10. The predicted molar refractivity (Wildman–Crippen MR) is 157 cm³/mol. The molecule has 2 unspecified atom stereocenters. The van der Waals surface area contributed by atoms with Crippen LogP contribution in [-0.2, 0) is 19.2 Å². The summed E-state index contributed by atoms with van der Waals surface area (Å²) >= 11 is 0. The van der Waals surface area contributed by atoms with Gasteiger partial charge in [-0.15, -0.1) is 0 Å². The Morgan fingerprint density at radius 2 is 1.85 bits per heavy atom. The van der Waals surface area contributed by atoms with Crippen LogP contribution in [0, 0.1) is 29.1 Å². The first-order chi connectivity index (χ1) is 19.4. The third-order valence-electron chi connectivity index (χ3n) is 9.92. The van der Waals surface area contributed by atoms with E-state index < -0.39 is 30.6 Å². The molecular weight excluding hydrogens is 524 g/mol. The molecule has 0 heterocycles. The Morgan fingerprint density at radius 3 is 2.54 bits per heavy atom. The minimum atomic E-state index is -1.65. The molecule has 0 radical (unpaired) electrons. The van der Waals surface area contributed by atoms with Gasteiger partial charge in [-0.1, -0.05) is 76.8 Å². The van der Waals surface area contributed by atoms with E-state index in [9.17, 15) is 14.7 Å². The molecular formula is C33H52O8. The molecule has 0 saturated heterocycles. The molecule has 8 nitrogen and oxygen atoms in total.